The molecule has 5 atom stereocenters. The maximum Gasteiger partial charge on any atom is 0.118 e. The second kappa shape index (κ2) is 13.2. The molecule has 23 heavy (non-hydrogen) atoms. The minimum absolute atomic E-state index is 0.0351. The molecule has 0 saturated carbocycles. The lowest BCUT2D eigenvalue weighted by atomic mass is 10.0. The summed E-state index contributed by atoms with van der Waals surface area (Å²) in [6, 6.07) is 0. The van der Waals surface area contributed by atoms with Gasteiger partial charge in [-0.05, 0) is 58.8 Å². The van der Waals surface area contributed by atoms with E-state index in [-0.39, 0.29) is 26.9 Å². The predicted molar refractivity (Wildman–Crippen MR) is 111 cm³/mol. The largest absolute Gasteiger partial charge is 0.123 e. The molecule has 140 valence electrons. The van der Waals surface area contributed by atoms with Crippen molar-refractivity contribution in [2.45, 2.75) is 96.4 Å². The standard InChI is InChI=1S/C16H27Cl7/c1-11(17)6-8-16(22,23)9-7-13(19)4-3-5-14(20)10-15(21)12(2)18/h11-15H,3-10H2,1-2H3. The van der Waals surface area contributed by atoms with Gasteiger partial charge in [0.1, 0.15) is 4.33 Å². The van der Waals surface area contributed by atoms with E-state index < -0.39 is 4.33 Å². The lowest BCUT2D eigenvalue weighted by Gasteiger charge is -2.22. The van der Waals surface area contributed by atoms with Gasteiger partial charge in [0, 0.05) is 21.5 Å². The minimum atomic E-state index is -0.742. The van der Waals surface area contributed by atoms with Crippen LogP contribution in [0.3, 0.4) is 0 Å². The average molecular weight is 468 g/mol. The zero-order valence-corrected chi connectivity index (χ0v) is 19.0. The second-order valence-electron chi connectivity index (χ2n) is 6.27. The third-order valence-electron chi connectivity index (χ3n) is 3.75. The van der Waals surface area contributed by atoms with Crippen molar-refractivity contribution in [3.63, 3.8) is 0 Å². The number of alkyl halides is 7. The van der Waals surface area contributed by atoms with Crippen LogP contribution in [-0.4, -0.2) is 31.2 Å². The Morgan fingerprint density at radius 2 is 1.26 bits per heavy atom. The molecule has 0 aliphatic heterocycles. The zero-order chi connectivity index (χ0) is 18.0. The van der Waals surface area contributed by atoms with E-state index in [2.05, 4.69) is 0 Å². The van der Waals surface area contributed by atoms with Crippen LogP contribution in [0, 0.1) is 0 Å². The summed E-state index contributed by atoms with van der Waals surface area (Å²) in [6.45, 7) is 3.82. The molecule has 0 aromatic carbocycles. The molecule has 5 unspecified atom stereocenters. The number of rotatable bonds is 13. The van der Waals surface area contributed by atoms with Crippen LogP contribution in [0.2, 0.25) is 0 Å². The van der Waals surface area contributed by atoms with Gasteiger partial charge in [0.05, 0.1) is 5.38 Å². The van der Waals surface area contributed by atoms with Gasteiger partial charge in [0.25, 0.3) is 0 Å². The van der Waals surface area contributed by atoms with Crippen LogP contribution in [0.1, 0.15) is 65.2 Å². The van der Waals surface area contributed by atoms with Crippen LogP contribution in [-0.2, 0) is 0 Å². The molecule has 0 aliphatic carbocycles. The highest BCUT2D eigenvalue weighted by atomic mass is 35.5. The van der Waals surface area contributed by atoms with Crippen LogP contribution in [0.4, 0.5) is 0 Å². The highest BCUT2D eigenvalue weighted by molar-refractivity contribution is 6.48. The van der Waals surface area contributed by atoms with E-state index in [4.69, 9.17) is 81.2 Å². The fourth-order valence-electron chi connectivity index (χ4n) is 2.16. The predicted octanol–water partition coefficient (Wildman–Crippen LogP) is 8.36. The lowest BCUT2D eigenvalue weighted by molar-refractivity contribution is 0.532. The Balaban J connectivity index is 3.84. The van der Waals surface area contributed by atoms with Crippen molar-refractivity contribution in [3.8, 4) is 0 Å². The molecule has 0 radical (unpaired) electrons. The maximum absolute atomic E-state index is 6.36. The van der Waals surface area contributed by atoms with Crippen molar-refractivity contribution in [3.05, 3.63) is 0 Å². The first-order valence-electron chi connectivity index (χ1n) is 8.11. The van der Waals surface area contributed by atoms with Crippen LogP contribution in [0.25, 0.3) is 0 Å². The molecule has 7 heteroatoms. The molecular formula is C16H27Cl7. The number of hydrogen-bond acceptors (Lipinski definition) is 0. The van der Waals surface area contributed by atoms with Crippen molar-refractivity contribution in [2.24, 2.45) is 0 Å². The van der Waals surface area contributed by atoms with Crippen LogP contribution >= 0.6 is 81.2 Å². The molecule has 0 rings (SSSR count). The van der Waals surface area contributed by atoms with Gasteiger partial charge in [-0.2, -0.15) is 0 Å². The number of halogens is 7. The molecular weight excluding hydrogens is 440 g/mol. The highest BCUT2D eigenvalue weighted by Gasteiger charge is 2.25. The van der Waals surface area contributed by atoms with Gasteiger partial charge in [0.2, 0.25) is 0 Å². The summed E-state index contributed by atoms with van der Waals surface area (Å²) in [5, 5.41) is 0.00925. The summed E-state index contributed by atoms with van der Waals surface area (Å²) in [5.74, 6) is 0. The molecule has 0 aliphatic rings. The first kappa shape index (κ1) is 25.0. The van der Waals surface area contributed by atoms with Gasteiger partial charge in [-0.25, -0.2) is 0 Å². The van der Waals surface area contributed by atoms with E-state index in [0.717, 1.165) is 32.1 Å². The molecule has 0 bridgehead atoms. The monoisotopic (exact) mass is 464 g/mol. The summed E-state index contributed by atoms with van der Waals surface area (Å²) in [5.41, 5.74) is 0. The van der Waals surface area contributed by atoms with Crippen molar-refractivity contribution >= 4 is 81.2 Å². The molecule has 0 aromatic rings. The van der Waals surface area contributed by atoms with E-state index in [0.29, 0.717) is 19.3 Å². The molecule has 0 heterocycles. The third-order valence-corrected chi connectivity index (χ3v) is 6.54. The molecule has 0 aromatic heterocycles. The fourth-order valence-corrected chi connectivity index (χ4v) is 3.72. The average Bonchev–Trinajstić information content (AvgIpc) is 2.43. The van der Waals surface area contributed by atoms with E-state index in [1.54, 1.807) is 0 Å². The maximum atomic E-state index is 6.36. The summed E-state index contributed by atoms with van der Waals surface area (Å²) in [4.78, 5) is 0. The Morgan fingerprint density at radius 1 is 0.739 bits per heavy atom. The summed E-state index contributed by atoms with van der Waals surface area (Å²) < 4.78 is -0.742. The van der Waals surface area contributed by atoms with E-state index >= 15 is 0 Å². The van der Waals surface area contributed by atoms with Gasteiger partial charge in [-0.1, -0.05) is 6.42 Å². The first-order chi connectivity index (χ1) is 10.5. The van der Waals surface area contributed by atoms with Gasteiger partial charge in [-0.15, -0.1) is 81.2 Å². The fraction of sp³-hybridized carbons (Fsp3) is 1.00. The molecule has 0 fully saturated rings. The van der Waals surface area contributed by atoms with E-state index in [9.17, 15) is 0 Å². The van der Waals surface area contributed by atoms with Crippen molar-refractivity contribution < 1.29 is 0 Å². The number of hydrogen-bond donors (Lipinski definition) is 0. The summed E-state index contributed by atoms with van der Waals surface area (Å²) in [7, 11) is 0. The Hall–Kier alpha value is 2.03. The minimum Gasteiger partial charge on any atom is -0.123 e. The Kier molecular flexibility index (Phi) is 14.4. The van der Waals surface area contributed by atoms with Crippen molar-refractivity contribution in [1.29, 1.82) is 0 Å². The topological polar surface area (TPSA) is 0 Å². The van der Waals surface area contributed by atoms with Gasteiger partial charge >= 0.3 is 0 Å². The van der Waals surface area contributed by atoms with Gasteiger partial charge in [0.15, 0.2) is 0 Å². The smallest absolute Gasteiger partial charge is 0.118 e. The van der Waals surface area contributed by atoms with Gasteiger partial charge in [-0.3, -0.25) is 0 Å². The Morgan fingerprint density at radius 3 is 1.78 bits per heavy atom. The second-order valence-corrected chi connectivity index (χ2v) is 11.1. The summed E-state index contributed by atoms with van der Waals surface area (Å²) in [6.07, 6.45) is 6.39. The first-order valence-corrected chi connectivity index (χ1v) is 11.1. The van der Waals surface area contributed by atoms with Crippen LogP contribution < -0.4 is 0 Å². The van der Waals surface area contributed by atoms with E-state index in [1.165, 1.54) is 0 Å². The third kappa shape index (κ3) is 14.8. The SMILES string of the molecule is CC(Cl)CCC(Cl)(Cl)CCC(Cl)CCCC(Cl)CC(Cl)C(C)Cl. The van der Waals surface area contributed by atoms with Crippen molar-refractivity contribution in [1.82, 2.24) is 0 Å². The van der Waals surface area contributed by atoms with Gasteiger partial charge < -0.3 is 0 Å². The van der Waals surface area contributed by atoms with Crippen molar-refractivity contribution in [2.75, 3.05) is 0 Å². The quantitative estimate of drug-likeness (QED) is 0.239. The van der Waals surface area contributed by atoms with Crippen LogP contribution in [0.15, 0.2) is 0 Å². The van der Waals surface area contributed by atoms with E-state index in [1.807, 2.05) is 13.8 Å². The highest BCUT2D eigenvalue weighted by Crippen LogP contribution is 2.35. The molecule has 0 amide bonds. The molecule has 0 spiro atoms. The van der Waals surface area contributed by atoms with Crippen LogP contribution in [0.5, 0.6) is 0 Å². The summed E-state index contributed by atoms with van der Waals surface area (Å²) >= 11 is 43.2. The Bertz CT molecular complexity index is 294. The molecule has 0 N–H and O–H groups in total. The Labute approximate surface area is 176 Å². The normalized spacial score (nSPS) is 19.2. The molecule has 0 saturated heterocycles. The lowest BCUT2D eigenvalue weighted by Crippen LogP contribution is -2.18. The molecule has 0 nitrogen and oxygen atoms in total. The zero-order valence-electron chi connectivity index (χ0n) is 13.7.